The van der Waals surface area contributed by atoms with E-state index >= 15 is 0 Å². The molecule has 0 bridgehead atoms. The monoisotopic (exact) mass is 321 g/mol. The van der Waals surface area contributed by atoms with E-state index in [1.54, 1.807) is 20.8 Å². The molecule has 0 aliphatic rings. The zero-order chi connectivity index (χ0) is 15.9. The van der Waals surface area contributed by atoms with Crippen LogP contribution in [0.25, 0.3) is 0 Å². The van der Waals surface area contributed by atoms with Crippen molar-refractivity contribution in [3.8, 4) is 0 Å². The maximum absolute atomic E-state index is 12.3. The third-order valence-electron chi connectivity index (χ3n) is 3.27. The summed E-state index contributed by atoms with van der Waals surface area (Å²) in [4.78, 5) is 11.0. The number of aryl methyl sites for hydroxylation is 1. The van der Waals surface area contributed by atoms with Crippen molar-refractivity contribution in [2.75, 3.05) is 0 Å². The highest BCUT2D eigenvalue weighted by Gasteiger charge is 2.39. The van der Waals surface area contributed by atoms with Crippen LogP contribution < -0.4 is 4.72 Å². The first-order valence-electron chi connectivity index (χ1n) is 5.88. The largest absolute Gasteiger partial charge is 0.477 e. The van der Waals surface area contributed by atoms with E-state index in [-0.39, 0.29) is 9.09 Å². The highest BCUT2D eigenvalue weighted by Crippen LogP contribution is 2.29. The molecule has 1 rings (SSSR count). The van der Waals surface area contributed by atoms with Gasteiger partial charge in [-0.3, -0.25) is 0 Å². The smallest absolute Gasteiger partial charge is 0.346 e. The Kier molecular flexibility index (Phi) is 4.36. The highest BCUT2D eigenvalue weighted by molar-refractivity contribution is 7.91. The van der Waals surface area contributed by atoms with Crippen LogP contribution in [0.1, 0.15) is 42.9 Å². The summed E-state index contributed by atoms with van der Waals surface area (Å²) in [5, 5.41) is 18.9. The van der Waals surface area contributed by atoms with Crippen LogP contribution in [0.5, 0.6) is 0 Å². The number of aliphatic hydroxyl groups is 1. The molecule has 0 unspecified atom stereocenters. The van der Waals surface area contributed by atoms with Gasteiger partial charge in [-0.25, -0.2) is 17.9 Å². The van der Waals surface area contributed by atoms with E-state index in [1.165, 1.54) is 19.9 Å². The summed E-state index contributed by atoms with van der Waals surface area (Å²) in [6.07, 6.45) is 0. The number of nitrogens with one attached hydrogen (secondary N) is 1. The molecule has 1 aromatic heterocycles. The van der Waals surface area contributed by atoms with Gasteiger partial charge in [-0.1, -0.05) is 0 Å². The molecular formula is C12H19NO5S2. The van der Waals surface area contributed by atoms with Gasteiger partial charge in [-0.15, -0.1) is 11.3 Å². The Morgan fingerprint density at radius 2 is 1.80 bits per heavy atom. The highest BCUT2D eigenvalue weighted by atomic mass is 32.2. The minimum Gasteiger partial charge on any atom is -0.477 e. The average Bonchev–Trinajstić information content (AvgIpc) is 2.57. The van der Waals surface area contributed by atoms with E-state index in [0.717, 1.165) is 0 Å². The topological polar surface area (TPSA) is 104 Å². The van der Waals surface area contributed by atoms with Crippen molar-refractivity contribution in [1.82, 2.24) is 4.72 Å². The molecule has 114 valence electrons. The molecule has 3 N–H and O–H groups in total. The molecular weight excluding hydrogens is 302 g/mol. The molecule has 0 saturated heterocycles. The molecule has 0 atom stereocenters. The van der Waals surface area contributed by atoms with Crippen LogP contribution in [0, 0.1) is 6.92 Å². The first-order valence-corrected chi connectivity index (χ1v) is 8.18. The number of hydrogen-bond donors (Lipinski definition) is 3. The second-order valence-electron chi connectivity index (χ2n) is 5.67. The summed E-state index contributed by atoms with van der Waals surface area (Å²) in [6.45, 7) is 7.65. The number of carboxylic acid groups (broad SMARTS) is 1. The van der Waals surface area contributed by atoms with Crippen LogP contribution in [0.2, 0.25) is 0 Å². The second-order valence-corrected chi connectivity index (χ2v) is 8.63. The van der Waals surface area contributed by atoms with Gasteiger partial charge in [-0.05, 0) is 46.2 Å². The van der Waals surface area contributed by atoms with Gasteiger partial charge in [-0.2, -0.15) is 0 Å². The van der Waals surface area contributed by atoms with E-state index in [0.29, 0.717) is 16.9 Å². The van der Waals surface area contributed by atoms with Gasteiger partial charge in [0, 0.05) is 0 Å². The summed E-state index contributed by atoms with van der Waals surface area (Å²) >= 11 is 0.694. The van der Waals surface area contributed by atoms with E-state index < -0.39 is 27.1 Å². The Labute approximate surface area is 122 Å². The van der Waals surface area contributed by atoms with Crippen molar-refractivity contribution in [3.05, 3.63) is 16.5 Å². The van der Waals surface area contributed by atoms with Crippen LogP contribution in [0.4, 0.5) is 0 Å². The molecule has 1 aromatic rings. The molecule has 0 aromatic carbocycles. The maximum Gasteiger partial charge on any atom is 0.346 e. The van der Waals surface area contributed by atoms with Crippen LogP contribution >= 0.6 is 11.3 Å². The normalized spacial score (nSPS) is 13.5. The SMILES string of the molecule is Cc1cc(S(=O)(=O)NC(C)(C)C(C)(C)O)sc1C(=O)O. The molecule has 0 saturated carbocycles. The molecule has 20 heavy (non-hydrogen) atoms. The third kappa shape index (κ3) is 3.38. The van der Waals surface area contributed by atoms with Crippen LogP contribution in [-0.2, 0) is 10.0 Å². The summed E-state index contributed by atoms with van der Waals surface area (Å²) in [5.74, 6) is -1.16. The number of carbonyl (C=O) groups is 1. The fourth-order valence-corrected chi connectivity index (χ4v) is 4.22. The molecule has 0 amide bonds. The van der Waals surface area contributed by atoms with Crippen molar-refractivity contribution in [2.24, 2.45) is 0 Å². The number of sulfonamides is 1. The molecule has 0 aliphatic carbocycles. The number of carboxylic acids is 1. The van der Waals surface area contributed by atoms with Crippen LogP contribution in [0.3, 0.4) is 0 Å². The first kappa shape index (κ1) is 17.1. The van der Waals surface area contributed by atoms with Crippen molar-refractivity contribution >= 4 is 27.3 Å². The molecule has 1 heterocycles. The van der Waals surface area contributed by atoms with Gasteiger partial charge in [0.2, 0.25) is 0 Å². The maximum atomic E-state index is 12.3. The zero-order valence-corrected chi connectivity index (χ0v) is 13.6. The van der Waals surface area contributed by atoms with Gasteiger partial charge in [0.05, 0.1) is 11.1 Å². The number of rotatable bonds is 5. The Morgan fingerprint density at radius 1 is 1.30 bits per heavy atom. The van der Waals surface area contributed by atoms with E-state index in [4.69, 9.17) is 5.11 Å². The molecule has 0 fully saturated rings. The van der Waals surface area contributed by atoms with E-state index in [2.05, 4.69) is 4.72 Å². The molecule has 0 radical (unpaired) electrons. The van der Waals surface area contributed by atoms with E-state index in [9.17, 15) is 18.3 Å². The lowest BCUT2D eigenvalue weighted by Crippen LogP contribution is -2.57. The first-order chi connectivity index (χ1) is 8.78. The van der Waals surface area contributed by atoms with Crippen molar-refractivity contribution in [3.63, 3.8) is 0 Å². The predicted molar refractivity (Wildman–Crippen MR) is 76.7 cm³/mol. The van der Waals surface area contributed by atoms with Gasteiger partial charge in [0.25, 0.3) is 10.0 Å². The fraction of sp³-hybridized carbons (Fsp3) is 0.583. The Balaban J connectivity index is 3.19. The summed E-state index contributed by atoms with van der Waals surface area (Å²) < 4.78 is 26.9. The van der Waals surface area contributed by atoms with Crippen molar-refractivity contribution < 1.29 is 23.4 Å². The van der Waals surface area contributed by atoms with Gasteiger partial charge in [0.15, 0.2) is 0 Å². The summed E-state index contributed by atoms with van der Waals surface area (Å²) in [7, 11) is -3.89. The fourth-order valence-electron chi connectivity index (χ4n) is 1.31. The number of thiophene rings is 1. The zero-order valence-electron chi connectivity index (χ0n) is 12.0. The minimum absolute atomic E-state index is 0.00793. The molecule has 0 aliphatic heterocycles. The van der Waals surface area contributed by atoms with Crippen molar-refractivity contribution in [1.29, 1.82) is 0 Å². The van der Waals surface area contributed by atoms with Gasteiger partial charge < -0.3 is 10.2 Å². The molecule has 6 nitrogen and oxygen atoms in total. The Bertz CT molecular complexity index is 623. The predicted octanol–water partition coefficient (Wildman–Crippen LogP) is 1.58. The van der Waals surface area contributed by atoms with E-state index in [1.807, 2.05) is 0 Å². The lowest BCUT2D eigenvalue weighted by Gasteiger charge is -2.37. The standard InChI is InChI=1S/C12H19NO5S2/c1-7-6-8(19-9(7)10(14)15)20(17,18)13-11(2,3)12(4,5)16/h6,13,16H,1-5H3,(H,14,15). The Hall–Kier alpha value is -0.960. The lowest BCUT2D eigenvalue weighted by molar-refractivity contribution is 0.00641. The van der Waals surface area contributed by atoms with Crippen molar-refractivity contribution in [2.45, 2.75) is 50.0 Å². The van der Waals surface area contributed by atoms with Crippen LogP contribution in [0.15, 0.2) is 10.3 Å². The van der Waals surface area contributed by atoms with Crippen LogP contribution in [-0.4, -0.2) is 35.7 Å². The van der Waals surface area contributed by atoms with Gasteiger partial charge >= 0.3 is 5.97 Å². The average molecular weight is 321 g/mol. The summed E-state index contributed by atoms with van der Waals surface area (Å²) in [6, 6.07) is 1.32. The summed E-state index contributed by atoms with van der Waals surface area (Å²) in [5.41, 5.74) is -1.99. The molecule has 8 heteroatoms. The lowest BCUT2D eigenvalue weighted by atomic mass is 9.87. The second kappa shape index (κ2) is 5.10. The molecule has 0 spiro atoms. The minimum atomic E-state index is -3.89. The number of aromatic carboxylic acids is 1. The quantitative estimate of drug-likeness (QED) is 0.764. The number of hydrogen-bond acceptors (Lipinski definition) is 5. The third-order valence-corrected chi connectivity index (χ3v) is 6.63. The van der Waals surface area contributed by atoms with Gasteiger partial charge in [0.1, 0.15) is 9.09 Å². The Morgan fingerprint density at radius 3 is 2.15 bits per heavy atom.